The summed E-state index contributed by atoms with van der Waals surface area (Å²) in [5, 5.41) is 5.58. The largest absolute Gasteiger partial charge is 0.493 e. The SMILES string of the molecule is COc1ccc(NC(=O)c2ccnc(Nc3ccc(F)c(F)c3)c2)cc1OC. The fourth-order valence-corrected chi connectivity index (χ4v) is 2.48. The lowest BCUT2D eigenvalue weighted by Gasteiger charge is -2.11. The molecule has 8 heteroatoms. The van der Waals surface area contributed by atoms with Gasteiger partial charge in [-0.1, -0.05) is 0 Å². The zero-order valence-corrected chi connectivity index (χ0v) is 15.1. The smallest absolute Gasteiger partial charge is 0.255 e. The van der Waals surface area contributed by atoms with Gasteiger partial charge in [0.15, 0.2) is 23.1 Å². The fourth-order valence-electron chi connectivity index (χ4n) is 2.48. The number of benzene rings is 2. The van der Waals surface area contributed by atoms with E-state index >= 15 is 0 Å². The predicted octanol–water partition coefficient (Wildman–Crippen LogP) is 4.37. The third-order valence-electron chi connectivity index (χ3n) is 3.86. The zero-order valence-electron chi connectivity index (χ0n) is 15.1. The number of hydrogen-bond donors (Lipinski definition) is 2. The van der Waals surface area contributed by atoms with Gasteiger partial charge < -0.3 is 20.1 Å². The Morgan fingerprint density at radius 2 is 1.64 bits per heavy atom. The van der Waals surface area contributed by atoms with Gasteiger partial charge >= 0.3 is 0 Å². The minimum Gasteiger partial charge on any atom is -0.493 e. The van der Waals surface area contributed by atoms with Crippen LogP contribution in [-0.4, -0.2) is 25.1 Å². The predicted molar refractivity (Wildman–Crippen MR) is 101 cm³/mol. The molecule has 28 heavy (non-hydrogen) atoms. The Labute approximate surface area is 160 Å². The van der Waals surface area contributed by atoms with Crippen molar-refractivity contribution in [3.05, 3.63) is 71.9 Å². The molecule has 1 heterocycles. The van der Waals surface area contributed by atoms with E-state index in [1.165, 1.54) is 38.6 Å². The molecule has 0 fully saturated rings. The van der Waals surface area contributed by atoms with Crippen LogP contribution in [0.4, 0.5) is 26.0 Å². The lowest BCUT2D eigenvalue weighted by atomic mass is 10.2. The van der Waals surface area contributed by atoms with Gasteiger partial charge in [0, 0.05) is 35.3 Å². The maximum atomic E-state index is 13.3. The molecule has 0 aliphatic carbocycles. The number of amides is 1. The number of carbonyl (C=O) groups is 1. The number of nitrogens with zero attached hydrogens (tertiary/aromatic N) is 1. The molecule has 0 unspecified atom stereocenters. The number of ether oxygens (including phenoxy) is 2. The van der Waals surface area contributed by atoms with Crippen LogP contribution >= 0.6 is 0 Å². The van der Waals surface area contributed by atoms with Crippen molar-refractivity contribution in [2.45, 2.75) is 0 Å². The van der Waals surface area contributed by atoms with E-state index in [1.54, 1.807) is 18.2 Å². The van der Waals surface area contributed by atoms with Crippen LogP contribution in [0.1, 0.15) is 10.4 Å². The van der Waals surface area contributed by atoms with Crippen molar-refractivity contribution < 1.29 is 23.0 Å². The number of anilines is 3. The van der Waals surface area contributed by atoms with E-state index in [-0.39, 0.29) is 5.91 Å². The molecule has 0 saturated heterocycles. The molecule has 0 radical (unpaired) electrons. The second-order valence-electron chi connectivity index (χ2n) is 5.71. The first-order chi connectivity index (χ1) is 13.5. The number of pyridine rings is 1. The van der Waals surface area contributed by atoms with Crippen molar-refractivity contribution in [2.24, 2.45) is 0 Å². The Balaban J connectivity index is 1.76. The first-order valence-electron chi connectivity index (χ1n) is 8.21. The molecule has 3 aromatic rings. The molecule has 0 aliphatic heterocycles. The van der Waals surface area contributed by atoms with E-state index in [0.717, 1.165) is 12.1 Å². The van der Waals surface area contributed by atoms with E-state index in [4.69, 9.17) is 9.47 Å². The molecule has 2 N–H and O–H groups in total. The highest BCUT2D eigenvalue weighted by atomic mass is 19.2. The van der Waals surface area contributed by atoms with Crippen molar-refractivity contribution >= 4 is 23.1 Å². The Morgan fingerprint density at radius 1 is 0.893 bits per heavy atom. The Bertz CT molecular complexity index is 1010. The van der Waals surface area contributed by atoms with E-state index in [2.05, 4.69) is 15.6 Å². The Kier molecular flexibility index (Phi) is 5.69. The van der Waals surface area contributed by atoms with Crippen molar-refractivity contribution in [2.75, 3.05) is 24.9 Å². The highest BCUT2D eigenvalue weighted by Crippen LogP contribution is 2.30. The normalized spacial score (nSPS) is 10.3. The number of methoxy groups -OCH3 is 2. The number of halogens is 2. The van der Waals surface area contributed by atoms with Crippen molar-refractivity contribution in [3.8, 4) is 11.5 Å². The van der Waals surface area contributed by atoms with Gasteiger partial charge in [-0.3, -0.25) is 4.79 Å². The summed E-state index contributed by atoms with van der Waals surface area (Å²) < 4.78 is 36.7. The maximum absolute atomic E-state index is 13.3. The lowest BCUT2D eigenvalue weighted by molar-refractivity contribution is 0.102. The van der Waals surface area contributed by atoms with E-state index in [0.29, 0.717) is 34.3 Å². The van der Waals surface area contributed by atoms with Crippen LogP contribution in [0.25, 0.3) is 0 Å². The Hall–Kier alpha value is -3.68. The lowest BCUT2D eigenvalue weighted by Crippen LogP contribution is -2.12. The van der Waals surface area contributed by atoms with Gasteiger partial charge in [0.2, 0.25) is 0 Å². The number of hydrogen-bond acceptors (Lipinski definition) is 5. The fraction of sp³-hybridized carbons (Fsp3) is 0.100. The zero-order chi connectivity index (χ0) is 20.1. The summed E-state index contributed by atoms with van der Waals surface area (Å²) in [4.78, 5) is 16.6. The second kappa shape index (κ2) is 8.34. The van der Waals surface area contributed by atoms with Crippen LogP contribution < -0.4 is 20.1 Å². The summed E-state index contributed by atoms with van der Waals surface area (Å²) in [6, 6.07) is 11.4. The molecule has 0 bridgehead atoms. The molecular weight excluding hydrogens is 368 g/mol. The molecule has 2 aromatic carbocycles. The average molecular weight is 385 g/mol. The van der Waals surface area contributed by atoms with Gasteiger partial charge in [0.05, 0.1) is 14.2 Å². The van der Waals surface area contributed by atoms with Gasteiger partial charge in [0.1, 0.15) is 5.82 Å². The van der Waals surface area contributed by atoms with Crippen LogP contribution in [-0.2, 0) is 0 Å². The van der Waals surface area contributed by atoms with Crippen molar-refractivity contribution in [1.29, 1.82) is 0 Å². The van der Waals surface area contributed by atoms with Crippen LogP contribution in [0.2, 0.25) is 0 Å². The molecular formula is C20H17F2N3O3. The van der Waals surface area contributed by atoms with E-state index in [1.807, 2.05) is 0 Å². The molecule has 6 nitrogen and oxygen atoms in total. The van der Waals surface area contributed by atoms with E-state index in [9.17, 15) is 13.6 Å². The first kappa shape index (κ1) is 19.1. The average Bonchev–Trinajstić information content (AvgIpc) is 2.71. The van der Waals surface area contributed by atoms with Gasteiger partial charge in [-0.05, 0) is 36.4 Å². The van der Waals surface area contributed by atoms with Gasteiger partial charge in [-0.25, -0.2) is 13.8 Å². The minimum atomic E-state index is -0.979. The molecule has 3 rings (SSSR count). The Morgan fingerprint density at radius 3 is 2.36 bits per heavy atom. The molecule has 0 atom stereocenters. The van der Waals surface area contributed by atoms with Gasteiger partial charge in [-0.2, -0.15) is 0 Å². The summed E-state index contributed by atoms with van der Waals surface area (Å²) >= 11 is 0. The number of aromatic nitrogens is 1. The maximum Gasteiger partial charge on any atom is 0.255 e. The summed E-state index contributed by atoms with van der Waals surface area (Å²) in [6.45, 7) is 0. The van der Waals surface area contributed by atoms with Crippen LogP contribution in [0.15, 0.2) is 54.7 Å². The first-order valence-corrected chi connectivity index (χ1v) is 8.21. The van der Waals surface area contributed by atoms with E-state index < -0.39 is 11.6 Å². The quantitative estimate of drug-likeness (QED) is 0.659. The van der Waals surface area contributed by atoms with Crippen molar-refractivity contribution in [1.82, 2.24) is 4.98 Å². The third kappa shape index (κ3) is 4.35. The van der Waals surface area contributed by atoms with Crippen molar-refractivity contribution in [3.63, 3.8) is 0 Å². The monoisotopic (exact) mass is 385 g/mol. The molecule has 1 aromatic heterocycles. The number of carbonyl (C=O) groups excluding carboxylic acids is 1. The summed E-state index contributed by atoms with van der Waals surface area (Å²) in [5.41, 5.74) is 1.16. The van der Waals surface area contributed by atoms with Crippen LogP contribution in [0.3, 0.4) is 0 Å². The third-order valence-corrected chi connectivity index (χ3v) is 3.86. The molecule has 0 spiro atoms. The molecule has 0 aliphatic rings. The van der Waals surface area contributed by atoms with Gasteiger partial charge in [0.25, 0.3) is 5.91 Å². The summed E-state index contributed by atoms with van der Waals surface area (Å²) in [7, 11) is 3.02. The number of rotatable bonds is 6. The standard InChI is InChI=1S/C20H17F2N3O3/c1-27-17-6-4-14(11-18(17)28-2)25-20(26)12-7-8-23-19(9-12)24-13-3-5-15(21)16(22)10-13/h3-11H,1-2H3,(H,23,24)(H,25,26). The van der Waals surface area contributed by atoms with Gasteiger partial charge in [-0.15, -0.1) is 0 Å². The highest BCUT2D eigenvalue weighted by Gasteiger charge is 2.11. The number of nitrogens with one attached hydrogen (secondary N) is 2. The highest BCUT2D eigenvalue weighted by molar-refractivity contribution is 6.04. The molecule has 0 saturated carbocycles. The van der Waals surface area contributed by atoms with Crippen LogP contribution in [0, 0.1) is 11.6 Å². The summed E-state index contributed by atoms with van der Waals surface area (Å²) in [5.74, 6) is -0.957. The van der Waals surface area contributed by atoms with Crippen LogP contribution in [0.5, 0.6) is 11.5 Å². The minimum absolute atomic E-state index is 0.309. The second-order valence-corrected chi connectivity index (χ2v) is 5.71. The topological polar surface area (TPSA) is 72.5 Å². The summed E-state index contributed by atoms with van der Waals surface area (Å²) in [6.07, 6.45) is 1.44. The molecule has 1 amide bonds. The molecule has 144 valence electrons.